The molecule has 404 valence electrons. The highest BCUT2D eigenvalue weighted by Gasteiger charge is 2.19. The van der Waals surface area contributed by atoms with Gasteiger partial charge in [-0.2, -0.15) is 0 Å². The summed E-state index contributed by atoms with van der Waals surface area (Å²) in [7, 11) is 0. The Hall–Kier alpha value is -1.59. The number of rotatable bonds is 55. The molecule has 0 saturated carbocycles. The minimum absolute atomic E-state index is 0.0635. The third kappa shape index (κ3) is 53.8. The third-order valence-corrected chi connectivity index (χ3v) is 14.5. The molecule has 0 rings (SSSR count). The normalized spacial score (nSPS) is 12.5. The van der Waals surface area contributed by atoms with E-state index in [2.05, 4.69) is 41.5 Å². The van der Waals surface area contributed by atoms with E-state index in [1.54, 1.807) is 0 Å². The van der Waals surface area contributed by atoms with Crippen molar-refractivity contribution in [2.75, 3.05) is 13.2 Å². The third-order valence-electron chi connectivity index (χ3n) is 14.5. The molecular formula is C62H120O6. The second-order valence-corrected chi connectivity index (χ2v) is 22.5. The zero-order valence-corrected chi connectivity index (χ0v) is 46.9. The van der Waals surface area contributed by atoms with Gasteiger partial charge in [-0.3, -0.25) is 14.4 Å². The minimum Gasteiger partial charge on any atom is -0.462 e. The van der Waals surface area contributed by atoms with Gasteiger partial charge < -0.3 is 14.2 Å². The van der Waals surface area contributed by atoms with Crippen molar-refractivity contribution in [2.24, 2.45) is 17.8 Å². The van der Waals surface area contributed by atoms with Crippen LogP contribution in [0.5, 0.6) is 0 Å². The number of hydrogen-bond donors (Lipinski definition) is 0. The first-order valence-electron chi connectivity index (χ1n) is 30.6. The molecule has 0 bridgehead atoms. The van der Waals surface area contributed by atoms with Crippen molar-refractivity contribution >= 4 is 17.9 Å². The van der Waals surface area contributed by atoms with Gasteiger partial charge in [0.25, 0.3) is 0 Å². The predicted octanol–water partition coefficient (Wildman–Crippen LogP) is 20.3. The molecule has 6 nitrogen and oxygen atoms in total. The van der Waals surface area contributed by atoms with Crippen LogP contribution < -0.4 is 0 Å². The van der Waals surface area contributed by atoms with Gasteiger partial charge in [-0.25, -0.2) is 0 Å². The van der Waals surface area contributed by atoms with E-state index in [1.807, 2.05) is 0 Å². The standard InChI is InChI=1S/C62H120O6/c1-7-58(6)50-44-38-32-25-21-17-12-10-8-9-11-13-19-23-27-35-41-47-53-62(65)68-59(55-67-61(64)52-46-40-34-29-28-31-37-43-49-57(4)5)54-66-60(63)51-45-39-33-26-22-18-15-14-16-20-24-30-36-42-48-56(2)3/h56-59H,7-55H2,1-6H3/t58?,59-/m1/s1. The Morgan fingerprint density at radius 3 is 0.765 bits per heavy atom. The Bertz CT molecular complexity index is 1060. The quantitative estimate of drug-likeness (QED) is 0.0343. The highest BCUT2D eigenvalue weighted by molar-refractivity contribution is 5.71. The molecule has 0 aliphatic rings. The first kappa shape index (κ1) is 66.4. The van der Waals surface area contributed by atoms with Crippen LogP contribution >= 0.6 is 0 Å². The van der Waals surface area contributed by atoms with Gasteiger partial charge in [-0.05, 0) is 37.0 Å². The maximum atomic E-state index is 12.9. The lowest BCUT2D eigenvalue weighted by molar-refractivity contribution is -0.167. The van der Waals surface area contributed by atoms with Crippen molar-refractivity contribution in [3.05, 3.63) is 0 Å². The number of hydrogen-bond acceptors (Lipinski definition) is 6. The van der Waals surface area contributed by atoms with Gasteiger partial charge in [0.1, 0.15) is 13.2 Å². The molecule has 0 N–H and O–H groups in total. The van der Waals surface area contributed by atoms with E-state index >= 15 is 0 Å². The van der Waals surface area contributed by atoms with Gasteiger partial charge in [-0.15, -0.1) is 0 Å². The van der Waals surface area contributed by atoms with Gasteiger partial charge >= 0.3 is 17.9 Å². The highest BCUT2D eigenvalue weighted by atomic mass is 16.6. The summed E-state index contributed by atoms with van der Waals surface area (Å²) < 4.78 is 16.9. The molecule has 0 radical (unpaired) electrons. The predicted molar refractivity (Wildman–Crippen MR) is 293 cm³/mol. The molecule has 0 aromatic heterocycles. The molecule has 0 aliphatic carbocycles. The van der Waals surface area contributed by atoms with E-state index in [0.717, 1.165) is 75.5 Å². The Morgan fingerprint density at radius 1 is 0.294 bits per heavy atom. The summed E-state index contributed by atoms with van der Waals surface area (Å²) >= 11 is 0. The largest absolute Gasteiger partial charge is 0.462 e. The maximum absolute atomic E-state index is 12.9. The second-order valence-electron chi connectivity index (χ2n) is 22.5. The van der Waals surface area contributed by atoms with E-state index in [1.165, 1.54) is 225 Å². The van der Waals surface area contributed by atoms with E-state index in [-0.39, 0.29) is 31.1 Å². The van der Waals surface area contributed by atoms with Crippen LogP contribution in [0.4, 0.5) is 0 Å². The molecular weight excluding hydrogens is 841 g/mol. The van der Waals surface area contributed by atoms with E-state index in [4.69, 9.17) is 14.2 Å². The van der Waals surface area contributed by atoms with Gasteiger partial charge in [0, 0.05) is 19.3 Å². The second kappa shape index (κ2) is 53.2. The summed E-state index contributed by atoms with van der Waals surface area (Å²) in [6.45, 7) is 13.8. The Morgan fingerprint density at radius 2 is 0.515 bits per heavy atom. The number of esters is 3. The zero-order valence-electron chi connectivity index (χ0n) is 46.9. The fourth-order valence-electron chi connectivity index (χ4n) is 9.50. The summed E-state index contributed by atoms with van der Waals surface area (Å²) in [5.41, 5.74) is 0. The minimum atomic E-state index is -0.764. The van der Waals surface area contributed by atoms with Gasteiger partial charge in [0.2, 0.25) is 0 Å². The lowest BCUT2D eigenvalue weighted by Gasteiger charge is -2.18. The Kier molecular flexibility index (Phi) is 52.0. The van der Waals surface area contributed by atoms with Crippen molar-refractivity contribution in [1.82, 2.24) is 0 Å². The van der Waals surface area contributed by atoms with Crippen LogP contribution in [-0.4, -0.2) is 37.2 Å². The van der Waals surface area contributed by atoms with Gasteiger partial charge in [0.05, 0.1) is 0 Å². The van der Waals surface area contributed by atoms with Crippen LogP contribution in [0.25, 0.3) is 0 Å². The van der Waals surface area contributed by atoms with E-state index in [0.29, 0.717) is 19.3 Å². The fraction of sp³-hybridized carbons (Fsp3) is 0.952. The fourth-order valence-corrected chi connectivity index (χ4v) is 9.50. The van der Waals surface area contributed by atoms with Crippen LogP contribution in [0.2, 0.25) is 0 Å². The van der Waals surface area contributed by atoms with Gasteiger partial charge in [0.15, 0.2) is 6.10 Å². The maximum Gasteiger partial charge on any atom is 0.306 e. The van der Waals surface area contributed by atoms with Crippen molar-refractivity contribution in [3.8, 4) is 0 Å². The Labute approximate surface area is 425 Å². The molecule has 0 spiro atoms. The average molecular weight is 962 g/mol. The highest BCUT2D eigenvalue weighted by Crippen LogP contribution is 2.19. The molecule has 0 heterocycles. The van der Waals surface area contributed by atoms with Crippen LogP contribution in [0.15, 0.2) is 0 Å². The number of unbranched alkanes of at least 4 members (excludes halogenated alkanes) is 37. The number of ether oxygens (including phenoxy) is 3. The van der Waals surface area contributed by atoms with Crippen molar-refractivity contribution in [3.63, 3.8) is 0 Å². The Balaban J connectivity index is 4.23. The van der Waals surface area contributed by atoms with Crippen LogP contribution in [0.3, 0.4) is 0 Å². The zero-order chi connectivity index (χ0) is 49.8. The van der Waals surface area contributed by atoms with Crippen molar-refractivity contribution < 1.29 is 28.6 Å². The summed E-state index contributed by atoms with van der Waals surface area (Å²) in [6, 6.07) is 0. The summed E-state index contributed by atoms with van der Waals surface area (Å²) in [6.07, 6.45) is 56.7. The summed E-state index contributed by atoms with van der Waals surface area (Å²) in [4.78, 5) is 38.2. The number of carbonyl (C=O) groups is 3. The smallest absolute Gasteiger partial charge is 0.306 e. The molecule has 2 atom stereocenters. The van der Waals surface area contributed by atoms with Crippen molar-refractivity contribution in [1.29, 1.82) is 0 Å². The van der Waals surface area contributed by atoms with Crippen LogP contribution in [0, 0.1) is 17.8 Å². The SMILES string of the molecule is CCC(C)CCCCCCCCCCCCCCCCCCCCC(=O)O[C@H](COC(=O)CCCCCCCCCCCCCCCCC(C)C)COC(=O)CCCCCCCCCCC(C)C. The molecule has 0 aliphatic heterocycles. The molecule has 6 heteroatoms. The number of carbonyl (C=O) groups excluding carboxylic acids is 3. The first-order chi connectivity index (χ1) is 33.1. The molecule has 0 amide bonds. The summed E-state index contributed by atoms with van der Waals surface area (Å²) in [5, 5.41) is 0. The van der Waals surface area contributed by atoms with E-state index < -0.39 is 6.10 Å². The average Bonchev–Trinajstić information content (AvgIpc) is 3.31. The molecule has 1 unspecified atom stereocenters. The lowest BCUT2D eigenvalue weighted by atomic mass is 9.99. The first-order valence-corrected chi connectivity index (χ1v) is 30.6. The van der Waals surface area contributed by atoms with Gasteiger partial charge in [-0.1, -0.05) is 305 Å². The topological polar surface area (TPSA) is 78.9 Å². The molecule has 0 aromatic rings. The van der Waals surface area contributed by atoms with Crippen molar-refractivity contribution in [2.45, 2.75) is 349 Å². The summed E-state index contributed by atoms with van der Waals surface area (Å²) in [5.74, 6) is 1.71. The molecule has 0 saturated heterocycles. The lowest BCUT2D eigenvalue weighted by Crippen LogP contribution is -2.30. The molecule has 0 fully saturated rings. The molecule has 68 heavy (non-hydrogen) atoms. The molecule has 0 aromatic carbocycles. The van der Waals surface area contributed by atoms with Crippen LogP contribution in [0.1, 0.15) is 343 Å². The monoisotopic (exact) mass is 961 g/mol. The van der Waals surface area contributed by atoms with Crippen LogP contribution in [-0.2, 0) is 28.6 Å². The van der Waals surface area contributed by atoms with E-state index in [9.17, 15) is 14.4 Å².